The van der Waals surface area contributed by atoms with E-state index in [9.17, 15) is 10.2 Å². The van der Waals surface area contributed by atoms with Gasteiger partial charge in [-0.1, -0.05) is 12.1 Å². The van der Waals surface area contributed by atoms with Crippen LogP contribution in [0.3, 0.4) is 0 Å². The molecule has 1 fully saturated rings. The first kappa shape index (κ1) is 21.1. The molecule has 2 aromatic carbocycles. The second-order valence-electron chi connectivity index (χ2n) is 7.77. The molecule has 3 heterocycles. The molecule has 5 rings (SSSR count). The Morgan fingerprint density at radius 2 is 1.82 bits per heavy atom. The topological polar surface area (TPSA) is 101 Å². The Bertz CT molecular complexity index is 1310. The van der Waals surface area contributed by atoms with Crippen LogP contribution in [0.5, 0.6) is 11.5 Å². The van der Waals surface area contributed by atoms with Crippen molar-refractivity contribution in [2.45, 2.75) is 6.61 Å². The van der Waals surface area contributed by atoms with Crippen molar-refractivity contribution in [2.75, 3.05) is 38.3 Å². The van der Waals surface area contributed by atoms with Crippen LogP contribution in [0.2, 0.25) is 0 Å². The SMILES string of the molecule is COc1ccc(-c2ccc3c(N4CCOCC4)nc(-c4cccc(O)c4)nc3n2)cc1CO. The van der Waals surface area contributed by atoms with Gasteiger partial charge in [0.15, 0.2) is 11.5 Å². The summed E-state index contributed by atoms with van der Waals surface area (Å²) in [7, 11) is 1.58. The monoisotopic (exact) mass is 444 g/mol. The number of aliphatic hydroxyl groups is 1. The van der Waals surface area contributed by atoms with Crippen molar-refractivity contribution < 1.29 is 19.7 Å². The number of pyridine rings is 1. The molecule has 0 bridgehead atoms. The zero-order chi connectivity index (χ0) is 22.8. The van der Waals surface area contributed by atoms with E-state index >= 15 is 0 Å². The first-order valence-electron chi connectivity index (χ1n) is 10.8. The van der Waals surface area contributed by atoms with Gasteiger partial charge in [-0.15, -0.1) is 0 Å². The second kappa shape index (κ2) is 9.01. The van der Waals surface area contributed by atoms with Crippen molar-refractivity contribution in [2.24, 2.45) is 0 Å². The van der Waals surface area contributed by atoms with Crippen LogP contribution in [-0.4, -0.2) is 58.6 Å². The van der Waals surface area contributed by atoms with Crippen LogP contribution in [0.25, 0.3) is 33.7 Å². The van der Waals surface area contributed by atoms with Gasteiger partial charge in [-0.3, -0.25) is 0 Å². The minimum absolute atomic E-state index is 0.129. The predicted molar refractivity (Wildman–Crippen MR) is 125 cm³/mol. The van der Waals surface area contributed by atoms with Crippen molar-refractivity contribution in [3.8, 4) is 34.1 Å². The third kappa shape index (κ3) is 4.18. The quantitative estimate of drug-likeness (QED) is 0.483. The highest BCUT2D eigenvalue weighted by Gasteiger charge is 2.19. The van der Waals surface area contributed by atoms with Gasteiger partial charge in [0.25, 0.3) is 0 Å². The number of hydrogen-bond acceptors (Lipinski definition) is 8. The van der Waals surface area contributed by atoms with Gasteiger partial charge in [0.05, 0.1) is 38.0 Å². The lowest BCUT2D eigenvalue weighted by Gasteiger charge is -2.28. The van der Waals surface area contributed by atoms with E-state index in [-0.39, 0.29) is 12.4 Å². The van der Waals surface area contributed by atoms with E-state index in [2.05, 4.69) is 4.90 Å². The fraction of sp³-hybridized carbons (Fsp3) is 0.240. The van der Waals surface area contributed by atoms with E-state index in [4.69, 9.17) is 24.4 Å². The molecule has 168 valence electrons. The highest BCUT2D eigenvalue weighted by Crippen LogP contribution is 2.31. The molecule has 0 aliphatic carbocycles. The Morgan fingerprint density at radius 1 is 0.970 bits per heavy atom. The average Bonchev–Trinajstić information content (AvgIpc) is 2.87. The molecule has 8 nitrogen and oxygen atoms in total. The van der Waals surface area contributed by atoms with Crippen molar-refractivity contribution in [3.05, 3.63) is 60.2 Å². The number of fused-ring (bicyclic) bond motifs is 1. The smallest absolute Gasteiger partial charge is 0.165 e. The molecule has 1 saturated heterocycles. The van der Waals surface area contributed by atoms with E-state index in [0.717, 1.165) is 35.6 Å². The second-order valence-corrected chi connectivity index (χ2v) is 7.77. The van der Waals surface area contributed by atoms with Gasteiger partial charge >= 0.3 is 0 Å². The Hall–Kier alpha value is -3.75. The molecular formula is C25H24N4O4. The Kier molecular flexibility index (Phi) is 5.77. The lowest BCUT2D eigenvalue weighted by molar-refractivity contribution is 0.122. The summed E-state index contributed by atoms with van der Waals surface area (Å²) >= 11 is 0. The third-order valence-electron chi connectivity index (χ3n) is 5.70. The van der Waals surface area contributed by atoms with Crippen LogP contribution in [0.15, 0.2) is 54.6 Å². The number of aliphatic hydroxyl groups excluding tert-OH is 1. The van der Waals surface area contributed by atoms with Crippen LogP contribution < -0.4 is 9.64 Å². The zero-order valence-corrected chi connectivity index (χ0v) is 18.2. The van der Waals surface area contributed by atoms with Crippen molar-refractivity contribution >= 4 is 16.9 Å². The first-order valence-corrected chi connectivity index (χ1v) is 10.8. The number of phenolic OH excluding ortho intramolecular Hbond substituents is 1. The number of aromatic hydroxyl groups is 1. The molecule has 1 aliphatic heterocycles. The number of nitrogens with zero attached hydrogens (tertiary/aromatic N) is 4. The van der Waals surface area contributed by atoms with E-state index < -0.39 is 0 Å². The van der Waals surface area contributed by atoms with E-state index in [0.29, 0.717) is 41.6 Å². The zero-order valence-electron chi connectivity index (χ0n) is 18.2. The highest BCUT2D eigenvalue weighted by atomic mass is 16.5. The number of phenols is 1. The van der Waals surface area contributed by atoms with E-state index in [1.807, 2.05) is 36.4 Å². The third-order valence-corrected chi connectivity index (χ3v) is 5.70. The molecule has 2 N–H and O–H groups in total. The normalized spacial score (nSPS) is 13.9. The van der Waals surface area contributed by atoms with E-state index in [1.54, 1.807) is 25.3 Å². The summed E-state index contributed by atoms with van der Waals surface area (Å²) in [5, 5.41) is 20.5. The first-order chi connectivity index (χ1) is 16.2. The summed E-state index contributed by atoms with van der Waals surface area (Å²) in [6.07, 6.45) is 0. The Morgan fingerprint density at radius 3 is 2.58 bits per heavy atom. The lowest BCUT2D eigenvalue weighted by Crippen LogP contribution is -2.37. The molecule has 4 aromatic rings. The molecule has 0 amide bonds. The maximum absolute atomic E-state index is 9.96. The van der Waals surface area contributed by atoms with Gasteiger partial charge in [0.1, 0.15) is 17.3 Å². The van der Waals surface area contributed by atoms with Crippen LogP contribution in [0, 0.1) is 0 Å². The highest BCUT2D eigenvalue weighted by molar-refractivity contribution is 5.90. The van der Waals surface area contributed by atoms with Gasteiger partial charge in [0.2, 0.25) is 0 Å². The maximum atomic E-state index is 9.96. The summed E-state index contributed by atoms with van der Waals surface area (Å²) in [5.74, 6) is 2.08. The predicted octanol–water partition coefficient (Wildman–Crippen LogP) is 3.40. The fourth-order valence-electron chi connectivity index (χ4n) is 4.01. The molecule has 0 atom stereocenters. The number of ether oxygens (including phenoxy) is 2. The van der Waals surface area contributed by atoms with Crippen molar-refractivity contribution in [1.82, 2.24) is 15.0 Å². The number of rotatable bonds is 5. The fourth-order valence-corrected chi connectivity index (χ4v) is 4.01. The standard InChI is InChI=1S/C25H24N4O4/c1-32-22-8-5-16(13-18(22)15-30)21-7-6-20-24(26-21)27-23(17-3-2-4-19(31)14-17)28-25(20)29-9-11-33-12-10-29/h2-8,13-14,30-31H,9-12,15H2,1H3. The molecule has 1 aliphatic rings. The molecule has 8 heteroatoms. The summed E-state index contributed by atoms with van der Waals surface area (Å²) in [6, 6.07) is 16.4. The summed E-state index contributed by atoms with van der Waals surface area (Å²) in [5.41, 5.74) is 3.55. The van der Waals surface area contributed by atoms with Crippen LogP contribution in [0.4, 0.5) is 5.82 Å². The van der Waals surface area contributed by atoms with Crippen molar-refractivity contribution in [1.29, 1.82) is 0 Å². The van der Waals surface area contributed by atoms with Crippen LogP contribution in [-0.2, 0) is 11.3 Å². The Labute approximate surface area is 191 Å². The molecule has 0 saturated carbocycles. The average molecular weight is 444 g/mol. The minimum atomic E-state index is -0.129. The van der Waals surface area contributed by atoms with E-state index in [1.165, 1.54) is 0 Å². The van der Waals surface area contributed by atoms with Gasteiger partial charge in [0, 0.05) is 29.8 Å². The van der Waals surface area contributed by atoms with Gasteiger partial charge in [-0.2, -0.15) is 0 Å². The molecule has 0 radical (unpaired) electrons. The van der Waals surface area contributed by atoms with Gasteiger partial charge in [-0.05, 0) is 42.5 Å². The molecule has 2 aromatic heterocycles. The van der Waals surface area contributed by atoms with Crippen LogP contribution in [0.1, 0.15) is 5.56 Å². The van der Waals surface area contributed by atoms with Gasteiger partial charge < -0.3 is 24.6 Å². The molecule has 33 heavy (non-hydrogen) atoms. The Balaban J connectivity index is 1.67. The number of hydrogen-bond donors (Lipinski definition) is 2. The number of anilines is 1. The van der Waals surface area contributed by atoms with Gasteiger partial charge in [-0.25, -0.2) is 15.0 Å². The molecule has 0 spiro atoms. The minimum Gasteiger partial charge on any atom is -0.508 e. The van der Waals surface area contributed by atoms with Crippen molar-refractivity contribution in [3.63, 3.8) is 0 Å². The van der Waals surface area contributed by atoms with Crippen LogP contribution >= 0.6 is 0 Å². The number of aromatic nitrogens is 3. The summed E-state index contributed by atoms with van der Waals surface area (Å²) < 4.78 is 10.8. The lowest BCUT2D eigenvalue weighted by atomic mass is 10.1. The number of methoxy groups -OCH3 is 1. The number of morpholine rings is 1. The summed E-state index contributed by atoms with van der Waals surface area (Å²) in [6.45, 7) is 2.59. The maximum Gasteiger partial charge on any atom is 0.165 e. The number of benzene rings is 2. The molecular weight excluding hydrogens is 420 g/mol. The largest absolute Gasteiger partial charge is 0.508 e. The summed E-state index contributed by atoms with van der Waals surface area (Å²) in [4.78, 5) is 16.6. The molecule has 0 unspecified atom stereocenters.